The lowest BCUT2D eigenvalue weighted by Crippen LogP contribution is -2.24. The third-order valence-electron chi connectivity index (χ3n) is 1.65. The first kappa shape index (κ1) is 11.7. The number of H-pyrrole nitrogens is 1. The second kappa shape index (κ2) is 4.44. The van der Waals surface area contributed by atoms with Crippen LogP contribution in [0.15, 0.2) is 6.07 Å². The maximum atomic E-state index is 11.5. The normalized spacial score (nSPS) is 11.5. The first-order valence-corrected chi connectivity index (χ1v) is 4.90. The molecule has 1 rings (SSSR count). The fraction of sp³-hybridized carbons (Fsp3) is 0.600. The van der Waals surface area contributed by atoms with E-state index in [0.717, 1.165) is 5.69 Å². The van der Waals surface area contributed by atoms with E-state index in [4.69, 9.17) is 10.5 Å². The molecule has 0 aliphatic heterocycles. The van der Waals surface area contributed by atoms with Gasteiger partial charge >= 0.3 is 5.97 Å². The first-order valence-electron chi connectivity index (χ1n) is 4.90. The minimum Gasteiger partial charge on any atom is -0.455 e. The smallest absolute Gasteiger partial charge is 0.359 e. The number of hydrogen-bond acceptors (Lipinski definition) is 4. The van der Waals surface area contributed by atoms with Crippen LogP contribution in [-0.2, 0) is 11.2 Å². The van der Waals surface area contributed by atoms with Crippen molar-refractivity contribution >= 4 is 5.97 Å². The van der Waals surface area contributed by atoms with Gasteiger partial charge in [-0.05, 0) is 33.4 Å². The van der Waals surface area contributed by atoms with Gasteiger partial charge in [-0.25, -0.2) is 4.79 Å². The summed E-state index contributed by atoms with van der Waals surface area (Å²) in [6.45, 7) is 5.98. The molecule has 84 valence electrons. The van der Waals surface area contributed by atoms with Gasteiger partial charge in [0.25, 0.3) is 0 Å². The van der Waals surface area contributed by atoms with Crippen LogP contribution in [0.1, 0.15) is 37.0 Å². The van der Waals surface area contributed by atoms with Crippen LogP contribution in [-0.4, -0.2) is 28.3 Å². The number of esters is 1. The molecule has 1 aromatic heterocycles. The lowest BCUT2D eigenvalue weighted by Gasteiger charge is -2.18. The molecule has 0 unspecified atom stereocenters. The van der Waals surface area contributed by atoms with Gasteiger partial charge in [0.1, 0.15) is 5.60 Å². The van der Waals surface area contributed by atoms with Crippen LogP contribution >= 0.6 is 0 Å². The summed E-state index contributed by atoms with van der Waals surface area (Å²) in [7, 11) is 0. The highest BCUT2D eigenvalue weighted by Gasteiger charge is 2.19. The number of hydrogen-bond donors (Lipinski definition) is 2. The molecule has 3 N–H and O–H groups in total. The molecule has 0 aliphatic carbocycles. The largest absolute Gasteiger partial charge is 0.455 e. The Bertz CT molecular complexity index is 339. The zero-order valence-corrected chi connectivity index (χ0v) is 9.33. The van der Waals surface area contributed by atoms with Crippen LogP contribution < -0.4 is 5.73 Å². The van der Waals surface area contributed by atoms with Gasteiger partial charge in [-0.2, -0.15) is 5.10 Å². The average Bonchev–Trinajstić information content (AvgIpc) is 2.50. The van der Waals surface area contributed by atoms with Gasteiger partial charge in [-0.1, -0.05) is 0 Å². The zero-order valence-electron chi connectivity index (χ0n) is 9.33. The van der Waals surface area contributed by atoms with E-state index in [1.807, 2.05) is 20.8 Å². The molecule has 0 saturated heterocycles. The lowest BCUT2D eigenvalue weighted by molar-refractivity contribution is 0.00628. The zero-order chi connectivity index (χ0) is 11.5. The van der Waals surface area contributed by atoms with E-state index >= 15 is 0 Å². The third-order valence-corrected chi connectivity index (χ3v) is 1.65. The van der Waals surface area contributed by atoms with E-state index in [2.05, 4.69) is 10.2 Å². The molecule has 0 radical (unpaired) electrons. The molecular weight excluding hydrogens is 194 g/mol. The number of aromatic nitrogens is 2. The summed E-state index contributed by atoms with van der Waals surface area (Å²) >= 11 is 0. The Balaban J connectivity index is 2.66. The molecule has 0 spiro atoms. The van der Waals surface area contributed by atoms with Gasteiger partial charge in [0.2, 0.25) is 0 Å². The van der Waals surface area contributed by atoms with E-state index in [9.17, 15) is 4.79 Å². The van der Waals surface area contributed by atoms with Crippen molar-refractivity contribution in [2.45, 2.75) is 32.8 Å². The standard InChI is InChI=1S/C10H17N3O2/c1-10(2,3)15-9(14)8-6-7(4-5-11)12-13-8/h6H,4-5,11H2,1-3H3,(H,12,13). The van der Waals surface area contributed by atoms with Crippen LogP contribution in [0.25, 0.3) is 0 Å². The number of nitrogens with zero attached hydrogens (tertiary/aromatic N) is 1. The predicted molar refractivity (Wildman–Crippen MR) is 56.5 cm³/mol. The van der Waals surface area contributed by atoms with Gasteiger partial charge in [-0.15, -0.1) is 0 Å². The maximum Gasteiger partial charge on any atom is 0.359 e. The number of carbonyl (C=O) groups is 1. The van der Waals surface area contributed by atoms with Gasteiger partial charge in [0.15, 0.2) is 5.69 Å². The molecule has 15 heavy (non-hydrogen) atoms. The molecule has 1 heterocycles. The summed E-state index contributed by atoms with van der Waals surface area (Å²) in [5.41, 5.74) is 6.03. The van der Waals surface area contributed by atoms with Gasteiger partial charge in [-0.3, -0.25) is 5.10 Å². The Kier molecular flexibility index (Phi) is 3.47. The molecule has 0 fully saturated rings. The number of rotatable bonds is 3. The number of ether oxygens (including phenoxy) is 1. The van der Waals surface area contributed by atoms with Crippen molar-refractivity contribution in [1.82, 2.24) is 10.2 Å². The van der Waals surface area contributed by atoms with E-state index in [1.165, 1.54) is 0 Å². The molecule has 5 nitrogen and oxygen atoms in total. The Hall–Kier alpha value is -1.36. The monoisotopic (exact) mass is 211 g/mol. The fourth-order valence-electron chi connectivity index (χ4n) is 1.08. The molecule has 0 saturated carbocycles. The summed E-state index contributed by atoms with van der Waals surface area (Å²) in [5.74, 6) is -0.415. The summed E-state index contributed by atoms with van der Waals surface area (Å²) in [6, 6.07) is 1.67. The first-order chi connectivity index (χ1) is 6.92. The fourth-order valence-corrected chi connectivity index (χ4v) is 1.08. The van der Waals surface area contributed by atoms with Crippen LogP contribution in [0, 0.1) is 0 Å². The summed E-state index contributed by atoms with van der Waals surface area (Å²) in [4.78, 5) is 11.5. The number of carbonyl (C=O) groups excluding carboxylic acids is 1. The van der Waals surface area contributed by atoms with Crippen molar-refractivity contribution in [2.75, 3.05) is 6.54 Å². The van der Waals surface area contributed by atoms with Crippen molar-refractivity contribution in [2.24, 2.45) is 5.73 Å². The van der Waals surface area contributed by atoms with Gasteiger partial charge in [0.05, 0.1) is 0 Å². The van der Waals surface area contributed by atoms with Crippen LogP contribution in [0.2, 0.25) is 0 Å². The molecular formula is C10H17N3O2. The molecule has 0 aliphatic rings. The minimum atomic E-state index is -0.496. The highest BCUT2D eigenvalue weighted by molar-refractivity contribution is 5.87. The second-order valence-corrected chi connectivity index (χ2v) is 4.32. The molecule has 5 heteroatoms. The van der Waals surface area contributed by atoms with Crippen LogP contribution in [0.3, 0.4) is 0 Å². The van der Waals surface area contributed by atoms with Gasteiger partial charge in [0, 0.05) is 12.1 Å². The van der Waals surface area contributed by atoms with Crippen molar-refractivity contribution in [3.05, 3.63) is 17.5 Å². The summed E-state index contributed by atoms with van der Waals surface area (Å²) < 4.78 is 5.16. The highest BCUT2D eigenvalue weighted by Crippen LogP contribution is 2.11. The topological polar surface area (TPSA) is 81.0 Å². The minimum absolute atomic E-state index is 0.299. The SMILES string of the molecule is CC(C)(C)OC(=O)c1cc(CCN)[nH]n1. The molecule has 1 aromatic rings. The highest BCUT2D eigenvalue weighted by atomic mass is 16.6. The van der Waals surface area contributed by atoms with E-state index in [1.54, 1.807) is 6.07 Å². The second-order valence-electron chi connectivity index (χ2n) is 4.32. The van der Waals surface area contributed by atoms with E-state index in [0.29, 0.717) is 18.7 Å². The van der Waals surface area contributed by atoms with Gasteiger partial charge < -0.3 is 10.5 Å². The Morgan fingerprint density at radius 3 is 2.80 bits per heavy atom. The summed E-state index contributed by atoms with van der Waals surface area (Å²) in [5, 5.41) is 6.61. The van der Waals surface area contributed by atoms with Crippen LogP contribution in [0.5, 0.6) is 0 Å². The number of aromatic amines is 1. The number of nitrogens with one attached hydrogen (secondary N) is 1. The molecule has 0 amide bonds. The Labute approximate surface area is 89.0 Å². The van der Waals surface area contributed by atoms with E-state index < -0.39 is 11.6 Å². The maximum absolute atomic E-state index is 11.5. The average molecular weight is 211 g/mol. The quantitative estimate of drug-likeness (QED) is 0.727. The Morgan fingerprint density at radius 1 is 1.60 bits per heavy atom. The lowest BCUT2D eigenvalue weighted by atomic mass is 10.2. The van der Waals surface area contributed by atoms with E-state index in [-0.39, 0.29) is 0 Å². The number of nitrogens with two attached hydrogens (primary N) is 1. The van der Waals surface area contributed by atoms with Crippen molar-refractivity contribution in [1.29, 1.82) is 0 Å². The third kappa shape index (κ3) is 3.71. The molecule has 0 atom stereocenters. The van der Waals surface area contributed by atoms with Crippen LogP contribution in [0.4, 0.5) is 0 Å². The Morgan fingerprint density at radius 2 is 2.27 bits per heavy atom. The summed E-state index contributed by atoms with van der Waals surface area (Å²) in [6.07, 6.45) is 0.676. The van der Waals surface area contributed by atoms with Crippen molar-refractivity contribution in [3.63, 3.8) is 0 Å². The predicted octanol–water partition coefficient (Wildman–Crippen LogP) is 0.866. The molecule has 0 bridgehead atoms. The molecule has 0 aromatic carbocycles. The van der Waals surface area contributed by atoms with Crippen molar-refractivity contribution in [3.8, 4) is 0 Å². The van der Waals surface area contributed by atoms with Crippen molar-refractivity contribution < 1.29 is 9.53 Å².